The Morgan fingerprint density at radius 1 is 1.10 bits per heavy atom. The van der Waals surface area contributed by atoms with E-state index in [1.165, 1.54) is 16.5 Å². The quantitative estimate of drug-likeness (QED) is 0.788. The lowest BCUT2D eigenvalue weighted by atomic mass is 10.1. The number of rotatable bonds is 4. The number of hydrogen-bond donors (Lipinski definition) is 1. The zero-order valence-corrected chi connectivity index (χ0v) is 12.4. The van der Waals surface area contributed by atoms with E-state index in [-0.39, 0.29) is 0 Å². The molecule has 1 N–H and O–H groups in total. The van der Waals surface area contributed by atoms with Crippen molar-refractivity contribution in [2.45, 2.75) is 26.4 Å². The average Bonchev–Trinajstić information content (AvgIpc) is 2.53. The predicted molar refractivity (Wildman–Crippen MR) is 86.0 cm³/mol. The van der Waals surface area contributed by atoms with Crippen molar-refractivity contribution in [3.8, 4) is 0 Å². The number of nitrogens with zero attached hydrogens (tertiary/aromatic N) is 2. The summed E-state index contributed by atoms with van der Waals surface area (Å²) in [5, 5.41) is 4.80. The zero-order chi connectivity index (χ0) is 14.7. The summed E-state index contributed by atoms with van der Waals surface area (Å²) in [6.07, 6.45) is 3.67. The van der Waals surface area contributed by atoms with Gasteiger partial charge in [-0.3, -0.25) is 9.97 Å². The Bertz CT molecular complexity index is 738. The fourth-order valence-corrected chi connectivity index (χ4v) is 2.57. The van der Waals surface area contributed by atoms with Gasteiger partial charge in [0.15, 0.2) is 0 Å². The van der Waals surface area contributed by atoms with E-state index in [4.69, 9.17) is 0 Å². The fraction of sp³-hybridized carbons (Fsp3) is 0.222. The number of aryl methyl sites for hydroxylation is 1. The highest BCUT2D eigenvalue weighted by atomic mass is 14.9. The SMILES string of the molecule is Cc1cc(CNC(C)c2ccncc2)c2ccccc2n1. The van der Waals surface area contributed by atoms with E-state index < -0.39 is 0 Å². The van der Waals surface area contributed by atoms with Gasteiger partial charge in [-0.2, -0.15) is 0 Å². The molecule has 0 aliphatic rings. The van der Waals surface area contributed by atoms with E-state index in [0.29, 0.717) is 6.04 Å². The number of benzene rings is 1. The highest BCUT2D eigenvalue weighted by Gasteiger charge is 2.07. The summed E-state index contributed by atoms with van der Waals surface area (Å²) in [6, 6.07) is 14.9. The molecule has 3 nitrogen and oxygen atoms in total. The molecular formula is C18H19N3. The second kappa shape index (κ2) is 6.02. The minimum absolute atomic E-state index is 0.292. The Balaban J connectivity index is 1.82. The highest BCUT2D eigenvalue weighted by Crippen LogP contribution is 2.19. The molecule has 3 rings (SSSR count). The summed E-state index contributed by atoms with van der Waals surface area (Å²) >= 11 is 0. The summed E-state index contributed by atoms with van der Waals surface area (Å²) in [6.45, 7) is 5.04. The van der Waals surface area contributed by atoms with Gasteiger partial charge in [-0.15, -0.1) is 0 Å². The zero-order valence-electron chi connectivity index (χ0n) is 12.4. The second-order valence-electron chi connectivity index (χ2n) is 5.32. The van der Waals surface area contributed by atoms with Crippen LogP contribution in [-0.4, -0.2) is 9.97 Å². The summed E-state index contributed by atoms with van der Waals surface area (Å²) in [7, 11) is 0. The molecule has 0 saturated heterocycles. The predicted octanol–water partition coefficient (Wildman–Crippen LogP) is 3.79. The molecule has 2 heterocycles. The largest absolute Gasteiger partial charge is 0.306 e. The number of nitrogens with one attached hydrogen (secondary N) is 1. The Morgan fingerprint density at radius 2 is 1.86 bits per heavy atom. The van der Waals surface area contributed by atoms with Gasteiger partial charge >= 0.3 is 0 Å². The molecule has 1 atom stereocenters. The van der Waals surface area contributed by atoms with E-state index in [9.17, 15) is 0 Å². The third-order valence-electron chi connectivity index (χ3n) is 3.73. The average molecular weight is 277 g/mol. The van der Waals surface area contributed by atoms with Gasteiger partial charge in [0.25, 0.3) is 0 Å². The van der Waals surface area contributed by atoms with Crippen LogP contribution in [0.25, 0.3) is 10.9 Å². The van der Waals surface area contributed by atoms with E-state index in [1.54, 1.807) is 0 Å². The molecule has 0 aliphatic heterocycles. The maximum atomic E-state index is 4.59. The molecule has 3 aromatic rings. The summed E-state index contributed by atoms with van der Waals surface area (Å²) in [5.74, 6) is 0. The molecule has 1 unspecified atom stereocenters. The molecule has 0 amide bonds. The smallest absolute Gasteiger partial charge is 0.0708 e. The van der Waals surface area contributed by atoms with Crippen LogP contribution in [0.15, 0.2) is 54.9 Å². The van der Waals surface area contributed by atoms with E-state index in [0.717, 1.165) is 17.8 Å². The van der Waals surface area contributed by atoms with Crippen molar-refractivity contribution in [2.75, 3.05) is 0 Å². The van der Waals surface area contributed by atoms with E-state index in [2.05, 4.69) is 46.5 Å². The first-order valence-electron chi connectivity index (χ1n) is 7.22. The van der Waals surface area contributed by atoms with Crippen molar-refractivity contribution in [3.63, 3.8) is 0 Å². The Labute approximate surface area is 125 Å². The third-order valence-corrected chi connectivity index (χ3v) is 3.73. The maximum Gasteiger partial charge on any atom is 0.0708 e. The van der Waals surface area contributed by atoms with Gasteiger partial charge in [-0.1, -0.05) is 18.2 Å². The highest BCUT2D eigenvalue weighted by molar-refractivity contribution is 5.82. The van der Waals surface area contributed by atoms with Crippen molar-refractivity contribution in [3.05, 3.63) is 71.7 Å². The monoisotopic (exact) mass is 277 g/mol. The van der Waals surface area contributed by atoms with Gasteiger partial charge in [0.2, 0.25) is 0 Å². The molecule has 0 spiro atoms. The lowest BCUT2D eigenvalue weighted by Crippen LogP contribution is -2.18. The molecular weight excluding hydrogens is 258 g/mol. The molecule has 0 bridgehead atoms. The molecule has 21 heavy (non-hydrogen) atoms. The minimum Gasteiger partial charge on any atom is -0.306 e. The number of para-hydroxylation sites is 1. The van der Waals surface area contributed by atoms with Gasteiger partial charge < -0.3 is 5.32 Å². The standard InChI is InChI=1S/C18H19N3/c1-13-11-16(17-5-3-4-6-18(17)21-13)12-20-14(2)15-7-9-19-10-8-15/h3-11,14,20H,12H2,1-2H3. The normalized spacial score (nSPS) is 12.5. The maximum absolute atomic E-state index is 4.59. The van der Waals surface area contributed by atoms with E-state index >= 15 is 0 Å². The first kappa shape index (κ1) is 13.7. The third kappa shape index (κ3) is 3.09. The van der Waals surface area contributed by atoms with Gasteiger partial charge in [-0.05, 0) is 49.2 Å². The molecule has 0 fully saturated rings. The van der Waals surface area contributed by atoms with Gasteiger partial charge in [0.05, 0.1) is 5.52 Å². The van der Waals surface area contributed by atoms with Gasteiger partial charge in [0, 0.05) is 36.1 Å². The van der Waals surface area contributed by atoms with Gasteiger partial charge in [0.1, 0.15) is 0 Å². The lowest BCUT2D eigenvalue weighted by Gasteiger charge is -2.15. The van der Waals surface area contributed by atoms with Crippen LogP contribution in [0.5, 0.6) is 0 Å². The number of pyridine rings is 2. The van der Waals surface area contributed by atoms with Crippen LogP contribution in [-0.2, 0) is 6.54 Å². The molecule has 2 aromatic heterocycles. The summed E-state index contributed by atoms with van der Waals surface area (Å²) in [4.78, 5) is 8.65. The first-order chi connectivity index (χ1) is 10.2. The van der Waals surface area contributed by atoms with Crippen molar-refractivity contribution in [1.82, 2.24) is 15.3 Å². The van der Waals surface area contributed by atoms with Crippen molar-refractivity contribution >= 4 is 10.9 Å². The molecule has 0 saturated carbocycles. The number of aromatic nitrogens is 2. The van der Waals surface area contributed by atoms with Crippen LogP contribution in [0.3, 0.4) is 0 Å². The van der Waals surface area contributed by atoms with Crippen LogP contribution in [0.4, 0.5) is 0 Å². The van der Waals surface area contributed by atoms with Crippen LogP contribution < -0.4 is 5.32 Å². The van der Waals surface area contributed by atoms with Crippen molar-refractivity contribution in [2.24, 2.45) is 0 Å². The van der Waals surface area contributed by atoms with Crippen LogP contribution >= 0.6 is 0 Å². The van der Waals surface area contributed by atoms with E-state index in [1.807, 2.05) is 37.5 Å². The topological polar surface area (TPSA) is 37.8 Å². The fourth-order valence-electron chi connectivity index (χ4n) is 2.57. The first-order valence-corrected chi connectivity index (χ1v) is 7.22. The van der Waals surface area contributed by atoms with Crippen molar-refractivity contribution in [1.29, 1.82) is 0 Å². The van der Waals surface area contributed by atoms with Crippen molar-refractivity contribution < 1.29 is 0 Å². The molecule has 1 aromatic carbocycles. The van der Waals surface area contributed by atoms with Crippen LogP contribution in [0.2, 0.25) is 0 Å². The summed E-state index contributed by atoms with van der Waals surface area (Å²) in [5.41, 5.74) is 4.66. The van der Waals surface area contributed by atoms with Gasteiger partial charge in [-0.25, -0.2) is 0 Å². The number of fused-ring (bicyclic) bond motifs is 1. The Kier molecular flexibility index (Phi) is 3.93. The lowest BCUT2D eigenvalue weighted by molar-refractivity contribution is 0.575. The molecule has 0 aliphatic carbocycles. The molecule has 0 radical (unpaired) electrons. The molecule has 3 heteroatoms. The minimum atomic E-state index is 0.292. The Hall–Kier alpha value is -2.26. The Morgan fingerprint density at radius 3 is 2.67 bits per heavy atom. The van der Waals surface area contributed by atoms with Crippen LogP contribution in [0, 0.1) is 6.92 Å². The second-order valence-corrected chi connectivity index (χ2v) is 5.32. The van der Waals surface area contributed by atoms with Crippen LogP contribution in [0.1, 0.15) is 29.8 Å². The summed E-state index contributed by atoms with van der Waals surface area (Å²) < 4.78 is 0. The molecule has 106 valence electrons. The number of hydrogen-bond acceptors (Lipinski definition) is 3.